The van der Waals surface area contributed by atoms with Gasteiger partial charge in [-0.25, -0.2) is 0 Å². The van der Waals surface area contributed by atoms with Crippen molar-refractivity contribution in [1.29, 1.82) is 0 Å². The van der Waals surface area contributed by atoms with E-state index in [4.69, 9.17) is 4.74 Å². The second-order valence-corrected chi connectivity index (χ2v) is 7.86. The molecule has 0 saturated heterocycles. The molecule has 0 aromatic heterocycles. The molecular weight excluding hydrogens is 332 g/mol. The van der Waals surface area contributed by atoms with Crippen molar-refractivity contribution < 1.29 is 9.53 Å². The predicted octanol–water partition coefficient (Wildman–Crippen LogP) is 7.50. The lowest BCUT2D eigenvalue weighted by Crippen LogP contribution is -2.18. The van der Waals surface area contributed by atoms with E-state index in [1.54, 1.807) is 0 Å². The van der Waals surface area contributed by atoms with Gasteiger partial charge in [0.15, 0.2) is 0 Å². The van der Waals surface area contributed by atoms with Gasteiger partial charge in [0.2, 0.25) is 0 Å². The molecule has 0 unspecified atom stereocenters. The van der Waals surface area contributed by atoms with Gasteiger partial charge in [0.05, 0.1) is 12.5 Å². The number of rotatable bonds is 17. The van der Waals surface area contributed by atoms with Crippen LogP contribution in [0, 0.1) is 5.92 Å². The van der Waals surface area contributed by atoms with Gasteiger partial charge in [0, 0.05) is 0 Å². The maximum Gasteiger partial charge on any atom is 0.308 e. The average molecular weight is 375 g/mol. The molecule has 27 heavy (non-hydrogen) atoms. The van der Waals surface area contributed by atoms with Gasteiger partial charge in [0.25, 0.3) is 0 Å². The summed E-state index contributed by atoms with van der Waals surface area (Å²) in [5.74, 6) is 0.189. The fraction of sp³-hybridized carbons (Fsp3) is 0.720. The van der Waals surface area contributed by atoms with E-state index in [-0.39, 0.29) is 11.9 Å². The zero-order chi connectivity index (χ0) is 19.6. The standard InChI is InChI=1S/C25H42O2/c1-3-5-7-14-20-24(21-15-8-6-4-2)25(26)27-22-16-10-13-19-23-17-11-9-12-18-23/h9,11-12,17-18,24H,3-8,10,13-16,19-22H2,1-2H3. The van der Waals surface area contributed by atoms with Gasteiger partial charge < -0.3 is 4.74 Å². The Morgan fingerprint density at radius 2 is 1.37 bits per heavy atom. The van der Waals surface area contributed by atoms with E-state index in [1.165, 1.54) is 63.4 Å². The first-order chi connectivity index (χ1) is 13.3. The van der Waals surface area contributed by atoms with Crippen LogP contribution in [0.5, 0.6) is 0 Å². The van der Waals surface area contributed by atoms with Gasteiger partial charge in [-0.15, -0.1) is 0 Å². The van der Waals surface area contributed by atoms with Crippen LogP contribution in [0.1, 0.15) is 103 Å². The summed E-state index contributed by atoms with van der Waals surface area (Å²) in [7, 11) is 0. The highest BCUT2D eigenvalue weighted by Crippen LogP contribution is 2.20. The van der Waals surface area contributed by atoms with Crippen molar-refractivity contribution in [3.05, 3.63) is 35.9 Å². The van der Waals surface area contributed by atoms with Crippen LogP contribution in [0.3, 0.4) is 0 Å². The Balaban J connectivity index is 2.19. The number of carbonyl (C=O) groups excluding carboxylic acids is 1. The van der Waals surface area contributed by atoms with Gasteiger partial charge in [0.1, 0.15) is 0 Å². The summed E-state index contributed by atoms with van der Waals surface area (Å²) in [5, 5.41) is 0. The summed E-state index contributed by atoms with van der Waals surface area (Å²) < 4.78 is 5.63. The Morgan fingerprint density at radius 3 is 1.96 bits per heavy atom. The average Bonchev–Trinajstić information content (AvgIpc) is 2.70. The zero-order valence-corrected chi connectivity index (χ0v) is 17.9. The molecule has 0 aliphatic heterocycles. The highest BCUT2D eigenvalue weighted by atomic mass is 16.5. The fourth-order valence-electron chi connectivity index (χ4n) is 3.56. The van der Waals surface area contributed by atoms with Gasteiger partial charge in [-0.3, -0.25) is 4.79 Å². The second-order valence-electron chi connectivity index (χ2n) is 7.86. The van der Waals surface area contributed by atoms with E-state index in [0.717, 1.165) is 32.1 Å². The molecule has 0 atom stereocenters. The molecule has 0 aliphatic rings. The number of aryl methyl sites for hydroxylation is 1. The number of hydrogen-bond donors (Lipinski definition) is 0. The second kappa shape index (κ2) is 16.8. The fourth-order valence-corrected chi connectivity index (χ4v) is 3.56. The Bertz CT molecular complexity index is 443. The van der Waals surface area contributed by atoms with Gasteiger partial charge in [-0.1, -0.05) is 95.5 Å². The number of benzene rings is 1. The smallest absolute Gasteiger partial charge is 0.308 e. The lowest BCUT2D eigenvalue weighted by atomic mass is 9.94. The molecular formula is C25H42O2. The maximum atomic E-state index is 12.5. The first-order valence-corrected chi connectivity index (χ1v) is 11.5. The minimum Gasteiger partial charge on any atom is -0.465 e. The first-order valence-electron chi connectivity index (χ1n) is 11.5. The van der Waals surface area contributed by atoms with Crippen molar-refractivity contribution in [2.75, 3.05) is 6.61 Å². The van der Waals surface area contributed by atoms with Crippen molar-refractivity contribution in [2.45, 2.75) is 104 Å². The molecule has 1 aromatic carbocycles. The summed E-state index contributed by atoms with van der Waals surface area (Å²) in [5.41, 5.74) is 1.40. The monoisotopic (exact) mass is 374 g/mol. The van der Waals surface area contributed by atoms with Gasteiger partial charge in [-0.05, 0) is 44.1 Å². The summed E-state index contributed by atoms with van der Waals surface area (Å²) in [6.45, 7) is 5.05. The van der Waals surface area contributed by atoms with Gasteiger partial charge >= 0.3 is 5.97 Å². The van der Waals surface area contributed by atoms with Crippen molar-refractivity contribution >= 4 is 5.97 Å². The van der Waals surface area contributed by atoms with Crippen LogP contribution in [-0.2, 0) is 16.0 Å². The number of unbranched alkanes of at least 4 members (excludes halogenated alkanes) is 8. The maximum absolute atomic E-state index is 12.5. The quantitative estimate of drug-likeness (QED) is 0.208. The van der Waals surface area contributed by atoms with E-state index in [1.807, 2.05) is 0 Å². The van der Waals surface area contributed by atoms with Crippen molar-refractivity contribution in [3.63, 3.8) is 0 Å². The van der Waals surface area contributed by atoms with Gasteiger partial charge in [-0.2, -0.15) is 0 Å². The molecule has 0 heterocycles. The summed E-state index contributed by atoms with van der Waals surface area (Å²) in [6, 6.07) is 10.6. The Kier molecular flexibility index (Phi) is 14.8. The van der Waals surface area contributed by atoms with E-state index >= 15 is 0 Å². The first kappa shape index (κ1) is 23.7. The van der Waals surface area contributed by atoms with E-state index in [2.05, 4.69) is 44.2 Å². The molecule has 0 bridgehead atoms. The van der Waals surface area contributed by atoms with E-state index in [0.29, 0.717) is 6.61 Å². The van der Waals surface area contributed by atoms with Crippen LogP contribution in [0.15, 0.2) is 30.3 Å². The molecule has 154 valence electrons. The normalized spacial score (nSPS) is 11.1. The zero-order valence-electron chi connectivity index (χ0n) is 17.9. The molecule has 0 N–H and O–H groups in total. The SMILES string of the molecule is CCCCCCC(CCCCCC)C(=O)OCCCCCc1ccccc1. The van der Waals surface area contributed by atoms with Crippen LogP contribution in [0.4, 0.5) is 0 Å². The molecule has 0 spiro atoms. The Hall–Kier alpha value is -1.31. The number of ether oxygens (including phenoxy) is 1. The van der Waals surface area contributed by atoms with Crippen molar-refractivity contribution in [1.82, 2.24) is 0 Å². The lowest BCUT2D eigenvalue weighted by molar-refractivity contribution is -0.149. The third-order valence-electron chi connectivity index (χ3n) is 5.34. The van der Waals surface area contributed by atoms with Crippen LogP contribution in [0.2, 0.25) is 0 Å². The highest BCUT2D eigenvalue weighted by molar-refractivity contribution is 5.72. The summed E-state index contributed by atoms with van der Waals surface area (Å²) >= 11 is 0. The van der Waals surface area contributed by atoms with Crippen LogP contribution in [-0.4, -0.2) is 12.6 Å². The number of esters is 1. The topological polar surface area (TPSA) is 26.3 Å². The number of carbonyl (C=O) groups is 1. The summed E-state index contributed by atoms with van der Waals surface area (Å²) in [6.07, 6.45) is 16.3. The minimum absolute atomic E-state index is 0.0612. The van der Waals surface area contributed by atoms with Crippen molar-refractivity contribution in [3.8, 4) is 0 Å². The molecule has 0 saturated carbocycles. The highest BCUT2D eigenvalue weighted by Gasteiger charge is 2.19. The van der Waals surface area contributed by atoms with E-state index in [9.17, 15) is 4.79 Å². The summed E-state index contributed by atoms with van der Waals surface area (Å²) in [4.78, 5) is 12.5. The van der Waals surface area contributed by atoms with Crippen LogP contribution < -0.4 is 0 Å². The number of hydrogen-bond acceptors (Lipinski definition) is 2. The van der Waals surface area contributed by atoms with Crippen molar-refractivity contribution in [2.24, 2.45) is 5.92 Å². The minimum atomic E-state index is 0.0612. The van der Waals surface area contributed by atoms with Crippen LogP contribution in [0.25, 0.3) is 0 Å². The van der Waals surface area contributed by atoms with E-state index < -0.39 is 0 Å². The molecule has 1 aromatic rings. The molecule has 0 amide bonds. The molecule has 0 radical (unpaired) electrons. The molecule has 2 nitrogen and oxygen atoms in total. The largest absolute Gasteiger partial charge is 0.465 e. The molecule has 2 heteroatoms. The molecule has 0 aliphatic carbocycles. The lowest BCUT2D eigenvalue weighted by Gasteiger charge is -2.16. The predicted molar refractivity (Wildman–Crippen MR) is 116 cm³/mol. The third-order valence-corrected chi connectivity index (χ3v) is 5.34. The molecule has 0 fully saturated rings. The third kappa shape index (κ3) is 12.7. The Labute approximate surface area is 168 Å². The van der Waals surface area contributed by atoms with Crippen LogP contribution >= 0.6 is 0 Å². The Morgan fingerprint density at radius 1 is 0.778 bits per heavy atom. The molecule has 1 rings (SSSR count).